The third kappa shape index (κ3) is 10.1. The second kappa shape index (κ2) is 19.5. The van der Waals surface area contributed by atoms with E-state index < -0.39 is 46.5 Å². The zero-order valence-electron chi connectivity index (χ0n) is 33.3. The Morgan fingerprint density at radius 3 is 2.13 bits per heavy atom. The molecular weight excluding hydrogens is 912 g/mol. The highest BCUT2D eigenvalue weighted by Crippen LogP contribution is 2.46. The number of nitrogens with one attached hydrogen (secondary N) is 2. The topological polar surface area (TPSA) is 211 Å². The number of carbonyl (C=O) groups excluding carboxylic acids is 3. The van der Waals surface area contributed by atoms with Crippen molar-refractivity contribution in [3.05, 3.63) is 133 Å². The maximum absolute atomic E-state index is 14.4. The summed E-state index contributed by atoms with van der Waals surface area (Å²) in [6.45, 7) is 5.79. The fourth-order valence-electron chi connectivity index (χ4n) is 6.47. The molecule has 0 saturated carbocycles. The second-order valence-corrected chi connectivity index (χ2v) is 20.7. The number of aromatic nitrogens is 3. The van der Waals surface area contributed by atoms with Crippen molar-refractivity contribution in [2.24, 2.45) is 5.16 Å². The molecule has 2 aliphatic heterocycles. The maximum Gasteiger partial charge on any atom is 0.407 e. The van der Waals surface area contributed by atoms with E-state index in [0.717, 1.165) is 23.1 Å². The predicted molar refractivity (Wildman–Crippen MR) is 244 cm³/mol. The third-order valence-electron chi connectivity index (χ3n) is 9.08. The van der Waals surface area contributed by atoms with Crippen molar-refractivity contribution in [1.29, 1.82) is 0 Å². The molecule has 15 nitrogen and oxygen atoms in total. The summed E-state index contributed by atoms with van der Waals surface area (Å²) < 4.78 is 5.83. The largest absolute Gasteiger partial charge is 0.477 e. The van der Waals surface area contributed by atoms with Crippen molar-refractivity contribution in [2.75, 3.05) is 23.8 Å². The van der Waals surface area contributed by atoms with Crippen molar-refractivity contribution >= 4 is 104 Å². The van der Waals surface area contributed by atoms with Crippen LogP contribution in [0.4, 0.5) is 9.93 Å². The first-order valence-electron chi connectivity index (χ1n) is 18.9. The number of nitrogens with two attached hydrogens (primary N) is 1. The van der Waals surface area contributed by atoms with Gasteiger partial charge in [-0.3, -0.25) is 14.5 Å². The highest BCUT2D eigenvalue weighted by molar-refractivity contribution is 8.07. The highest BCUT2D eigenvalue weighted by Gasteiger charge is 2.55. The van der Waals surface area contributed by atoms with Crippen LogP contribution in [0.3, 0.4) is 0 Å². The number of carboxylic acids is 1. The second-order valence-electron chi connectivity index (χ2n) is 14.5. The molecule has 0 aliphatic carbocycles. The maximum atomic E-state index is 14.4. The molecule has 0 radical (unpaired) electrons. The molecule has 0 unspecified atom stereocenters. The van der Waals surface area contributed by atoms with E-state index in [0.29, 0.717) is 49.0 Å². The van der Waals surface area contributed by atoms with Gasteiger partial charge in [0.1, 0.15) is 37.8 Å². The Hall–Kier alpha value is -5.12. The number of nitrogen functional groups attached to an aromatic ring is 1. The molecule has 5 N–H and O–H groups in total. The average molecular weight is 952 g/mol. The van der Waals surface area contributed by atoms with Gasteiger partial charge in [-0.1, -0.05) is 142 Å². The number of nitrogens with zero attached hydrogens (tertiary/aromatic N) is 5. The average Bonchev–Trinajstić information content (AvgIpc) is 3.85. The summed E-state index contributed by atoms with van der Waals surface area (Å²) in [4.78, 5) is 65.3. The number of carbonyl (C=O) groups is 4. The number of amides is 3. The van der Waals surface area contributed by atoms with Gasteiger partial charge >= 0.3 is 12.1 Å². The molecule has 322 valence electrons. The molecule has 0 spiro atoms. The molecule has 3 aromatic carbocycles. The van der Waals surface area contributed by atoms with E-state index >= 15 is 0 Å². The first-order valence-corrected chi connectivity index (χ1v) is 23.9. The van der Waals surface area contributed by atoms with Crippen LogP contribution in [0.2, 0.25) is 4.34 Å². The molecule has 2 aromatic heterocycles. The molecule has 3 amide bonds. The smallest absolute Gasteiger partial charge is 0.407 e. The van der Waals surface area contributed by atoms with Crippen LogP contribution >= 0.6 is 69.6 Å². The lowest BCUT2D eigenvalue weighted by molar-refractivity contribution is -0.150. The van der Waals surface area contributed by atoms with Crippen molar-refractivity contribution in [2.45, 2.75) is 53.5 Å². The van der Waals surface area contributed by atoms with Crippen LogP contribution in [-0.2, 0) is 35.3 Å². The van der Waals surface area contributed by atoms with Crippen LogP contribution in [0.25, 0.3) is 0 Å². The number of carboxylic acid groups (broad SMARTS) is 1. The number of benzene rings is 3. The summed E-state index contributed by atoms with van der Waals surface area (Å²) in [5, 5.41) is 28.9. The Balaban J connectivity index is 1.09. The van der Waals surface area contributed by atoms with E-state index in [2.05, 4.69) is 31.0 Å². The van der Waals surface area contributed by atoms with Gasteiger partial charge in [-0.25, -0.2) is 14.6 Å². The summed E-state index contributed by atoms with van der Waals surface area (Å²) >= 11 is 12.8. The van der Waals surface area contributed by atoms with E-state index in [4.69, 9.17) is 26.9 Å². The lowest BCUT2D eigenvalue weighted by atomic mass is 9.80. The zero-order valence-corrected chi connectivity index (χ0v) is 38.1. The van der Waals surface area contributed by atoms with E-state index in [9.17, 15) is 24.3 Å². The molecular formula is C41H39ClN8O7S5. The van der Waals surface area contributed by atoms with Crippen LogP contribution in [-0.4, -0.2) is 89.8 Å². The Morgan fingerprint density at radius 2 is 1.58 bits per heavy atom. The summed E-state index contributed by atoms with van der Waals surface area (Å²) in [6, 6.07) is 27.1. The van der Waals surface area contributed by atoms with Crippen LogP contribution in [0.5, 0.6) is 0 Å². The fraction of sp³-hybridized carbons (Fsp3) is 0.268. The number of alkyl carbamates (subject to hydrolysis) is 1. The van der Waals surface area contributed by atoms with Gasteiger partial charge in [0.15, 0.2) is 15.2 Å². The van der Waals surface area contributed by atoms with Crippen molar-refractivity contribution in [1.82, 2.24) is 30.7 Å². The lowest BCUT2D eigenvalue weighted by Gasteiger charge is -2.49. The number of oxime groups is 1. The first-order chi connectivity index (χ1) is 29.7. The standard InChI is InChI=1S/C41H39ClN8O7S5/c1-40(2,3)56-38(55)44-19-20-58-22-27-47-48-39(61-27)60-26-21-59-35-30(34(52)50(35)31(26)36(53)54)45-33(51)29(28-32(42)62-37(43)46-28)49-57-41(23-13-7-4-8-14-23,24-15-9-5-10-16-24)25-17-11-6-12-18-25/h4-18,30,35H,19-22H2,1-3H3,(H2,43,46)(H,44,55)(H,45,51)(H,53,54)/b49-29-/t30-,35-/m1/s1. The van der Waals surface area contributed by atoms with E-state index in [1.54, 1.807) is 32.5 Å². The van der Waals surface area contributed by atoms with Gasteiger partial charge in [-0.15, -0.1) is 22.0 Å². The summed E-state index contributed by atoms with van der Waals surface area (Å²) in [5.41, 5.74) is 5.64. The molecule has 1 saturated heterocycles. The summed E-state index contributed by atoms with van der Waals surface area (Å²) in [5.74, 6) is -1.39. The minimum atomic E-state index is -1.37. The van der Waals surface area contributed by atoms with Crippen molar-refractivity contribution < 1.29 is 33.9 Å². The van der Waals surface area contributed by atoms with Crippen molar-refractivity contribution in [3.63, 3.8) is 0 Å². The predicted octanol–water partition coefficient (Wildman–Crippen LogP) is 7.19. The Labute approximate surface area is 382 Å². The molecule has 0 bridgehead atoms. The number of halogens is 1. The number of anilines is 1. The lowest BCUT2D eigenvalue weighted by Crippen LogP contribution is -2.71. The number of hydrogen-bond donors (Lipinski definition) is 4. The fourth-order valence-corrected chi connectivity index (χ4v) is 11.8. The summed E-state index contributed by atoms with van der Waals surface area (Å²) in [6.07, 6.45) is -0.486. The van der Waals surface area contributed by atoms with Crippen LogP contribution in [0.1, 0.15) is 48.2 Å². The molecule has 2 atom stereocenters. The van der Waals surface area contributed by atoms with Gasteiger partial charge in [0.05, 0.1) is 0 Å². The monoisotopic (exact) mass is 950 g/mol. The number of ether oxygens (including phenoxy) is 1. The number of thiazole rings is 1. The van der Waals surface area contributed by atoms with Gasteiger partial charge < -0.3 is 31.0 Å². The molecule has 4 heterocycles. The minimum Gasteiger partial charge on any atom is -0.477 e. The highest BCUT2D eigenvalue weighted by atomic mass is 35.5. The van der Waals surface area contributed by atoms with E-state index in [1.807, 2.05) is 91.0 Å². The van der Waals surface area contributed by atoms with Gasteiger partial charge in [0.25, 0.3) is 11.8 Å². The number of hydrogen-bond acceptors (Lipinski definition) is 16. The zero-order chi connectivity index (χ0) is 44.0. The number of fused-ring (bicyclic) bond motifs is 1. The molecule has 1 fully saturated rings. The molecule has 62 heavy (non-hydrogen) atoms. The van der Waals surface area contributed by atoms with Gasteiger partial charge in [-0.2, -0.15) is 11.8 Å². The van der Waals surface area contributed by atoms with Crippen LogP contribution in [0.15, 0.2) is 111 Å². The number of aliphatic carboxylic acids is 1. The third-order valence-corrected chi connectivity index (χ3v) is 14.8. The first kappa shape index (κ1) is 44.9. The Morgan fingerprint density at radius 1 is 0.968 bits per heavy atom. The van der Waals surface area contributed by atoms with Gasteiger partial charge in [-0.05, 0) is 20.8 Å². The van der Waals surface area contributed by atoms with E-state index in [1.165, 1.54) is 28.0 Å². The SMILES string of the molecule is CC(C)(C)OC(=O)NCCSCc1nnc(SC2=C(C(=O)O)N3C(=O)[C@@H](NC(=O)/C(=N\OC(c4ccccc4)(c4ccccc4)c4ccccc4)c4nc(N)sc4Cl)[C@H]3SC2)s1. The number of β-lactam (4-membered cyclic amide) rings is 1. The summed E-state index contributed by atoms with van der Waals surface area (Å²) in [7, 11) is 0. The normalized spacial score (nSPS) is 16.6. The number of thioether (sulfide) groups is 3. The Bertz CT molecular complexity index is 2400. The minimum absolute atomic E-state index is 0.0493. The van der Waals surface area contributed by atoms with Crippen LogP contribution < -0.4 is 16.4 Å². The van der Waals surface area contributed by atoms with Gasteiger partial charge in [0.2, 0.25) is 5.60 Å². The molecule has 7 rings (SSSR count). The molecule has 2 aliphatic rings. The van der Waals surface area contributed by atoms with Crippen LogP contribution in [0, 0.1) is 0 Å². The van der Waals surface area contributed by atoms with E-state index in [-0.39, 0.29) is 32.3 Å². The molecule has 5 aromatic rings. The quantitative estimate of drug-likeness (QED) is 0.0254. The van der Waals surface area contributed by atoms with Gasteiger partial charge in [0, 0.05) is 45.4 Å². The number of rotatable bonds is 16. The Kier molecular flexibility index (Phi) is 14.1. The molecule has 21 heteroatoms. The van der Waals surface area contributed by atoms with Crippen molar-refractivity contribution in [3.8, 4) is 0 Å².